The maximum Gasteiger partial charge on any atom is 0.158 e. The van der Waals surface area contributed by atoms with Crippen molar-refractivity contribution in [1.82, 2.24) is 9.97 Å². The smallest absolute Gasteiger partial charge is 0.158 e. The number of halogens is 2. The lowest BCUT2D eigenvalue weighted by molar-refractivity contribution is 0.178. The zero-order valence-electron chi connectivity index (χ0n) is 10.6. The number of aromatic nitrogens is 2. The topological polar surface area (TPSA) is 38.2 Å². The molecule has 0 aliphatic heterocycles. The highest BCUT2D eigenvalue weighted by atomic mass is 35.5. The number of anilines is 2. The summed E-state index contributed by atoms with van der Waals surface area (Å²) in [4.78, 5) is 9.92. The van der Waals surface area contributed by atoms with Crippen molar-refractivity contribution in [2.45, 2.75) is 6.61 Å². The standard InChI is InChI=1S/C13H13ClFN3O/c1-18(10-6-4-3-5-9(10)15)13-7-11(14)16-12(17-13)8-19-2/h3-7H,8H2,1-2H3. The van der Waals surface area contributed by atoms with Gasteiger partial charge in [-0.2, -0.15) is 0 Å². The molecule has 2 aromatic rings. The highest BCUT2D eigenvalue weighted by molar-refractivity contribution is 6.29. The van der Waals surface area contributed by atoms with Gasteiger partial charge in [0.05, 0.1) is 5.69 Å². The van der Waals surface area contributed by atoms with Gasteiger partial charge in [-0.25, -0.2) is 14.4 Å². The van der Waals surface area contributed by atoms with Crippen molar-refractivity contribution in [1.29, 1.82) is 0 Å². The number of rotatable bonds is 4. The molecule has 0 saturated carbocycles. The summed E-state index contributed by atoms with van der Waals surface area (Å²) in [6, 6.07) is 8.03. The molecule has 0 saturated heterocycles. The quantitative estimate of drug-likeness (QED) is 0.807. The minimum atomic E-state index is -0.326. The van der Waals surface area contributed by atoms with E-state index in [2.05, 4.69) is 9.97 Å². The highest BCUT2D eigenvalue weighted by Gasteiger charge is 2.12. The molecule has 100 valence electrons. The zero-order chi connectivity index (χ0) is 13.8. The second-order valence-corrected chi connectivity index (χ2v) is 4.30. The molecule has 0 amide bonds. The molecule has 4 nitrogen and oxygen atoms in total. The van der Waals surface area contributed by atoms with Crippen LogP contribution in [-0.4, -0.2) is 24.1 Å². The molecule has 0 atom stereocenters. The minimum absolute atomic E-state index is 0.249. The van der Waals surface area contributed by atoms with Gasteiger partial charge in [-0.1, -0.05) is 23.7 Å². The van der Waals surface area contributed by atoms with Gasteiger partial charge in [0, 0.05) is 20.2 Å². The molecular weight excluding hydrogens is 269 g/mol. The van der Waals surface area contributed by atoms with E-state index in [1.807, 2.05) is 0 Å². The molecular formula is C13H13ClFN3O. The predicted octanol–water partition coefficient (Wildman–Crippen LogP) is 3.18. The van der Waals surface area contributed by atoms with Crippen molar-refractivity contribution in [2.75, 3.05) is 19.1 Å². The number of nitrogens with zero attached hydrogens (tertiary/aromatic N) is 3. The summed E-state index contributed by atoms with van der Waals surface area (Å²) in [6.45, 7) is 0.249. The van der Waals surface area contributed by atoms with Crippen LogP contribution in [-0.2, 0) is 11.3 Å². The summed E-state index contributed by atoms with van der Waals surface area (Å²) in [6.07, 6.45) is 0. The van der Waals surface area contributed by atoms with Crippen LogP contribution in [0, 0.1) is 5.82 Å². The Bertz CT molecular complexity index is 580. The Morgan fingerprint density at radius 2 is 2.05 bits per heavy atom. The Kier molecular flexibility index (Phi) is 4.29. The summed E-state index contributed by atoms with van der Waals surface area (Å²) in [5.41, 5.74) is 0.417. The van der Waals surface area contributed by atoms with Crippen molar-refractivity contribution in [2.24, 2.45) is 0 Å². The van der Waals surface area contributed by atoms with Crippen molar-refractivity contribution < 1.29 is 9.13 Å². The lowest BCUT2D eigenvalue weighted by Gasteiger charge is -2.19. The van der Waals surface area contributed by atoms with E-state index in [0.29, 0.717) is 22.5 Å². The Morgan fingerprint density at radius 3 is 2.74 bits per heavy atom. The second kappa shape index (κ2) is 5.95. The Hall–Kier alpha value is -1.72. The first kappa shape index (κ1) is 13.7. The van der Waals surface area contributed by atoms with Gasteiger partial charge in [-0.3, -0.25) is 0 Å². The van der Waals surface area contributed by atoms with Gasteiger partial charge in [0.25, 0.3) is 0 Å². The molecule has 0 spiro atoms. The summed E-state index contributed by atoms with van der Waals surface area (Å²) >= 11 is 5.93. The van der Waals surface area contributed by atoms with Crippen LogP contribution in [0.1, 0.15) is 5.82 Å². The van der Waals surface area contributed by atoms with Crippen molar-refractivity contribution in [3.05, 3.63) is 47.1 Å². The van der Waals surface area contributed by atoms with Gasteiger partial charge < -0.3 is 9.64 Å². The van der Waals surface area contributed by atoms with E-state index >= 15 is 0 Å². The molecule has 0 radical (unpaired) electrons. The lowest BCUT2D eigenvalue weighted by Crippen LogP contribution is -2.14. The summed E-state index contributed by atoms with van der Waals surface area (Å²) in [5.74, 6) is 0.637. The number of methoxy groups -OCH3 is 1. The molecule has 0 aliphatic carbocycles. The maximum absolute atomic E-state index is 13.7. The molecule has 1 aromatic carbocycles. The predicted molar refractivity (Wildman–Crippen MR) is 72.2 cm³/mol. The molecule has 1 aromatic heterocycles. The number of hydrogen-bond acceptors (Lipinski definition) is 4. The van der Waals surface area contributed by atoms with Crippen molar-refractivity contribution in [3.63, 3.8) is 0 Å². The van der Waals surface area contributed by atoms with Crippen molar-refractivity contribution in [3.8, 4) is 0 Å². The third kappa shape index (κ3) is 3.19. The number of ether oxygens (including phenoxy) is 1. The number of hydrogen-bond donors (Lipinski definition) is 0. The fourth-order valence-corrected chi connectivity index (χ4v) is 1.86. The molecule has 0 aliphatic rings. The number of benzene rings is 1. The Morgan fingerprint density at radius 1 is 1.32 bits per heavy atom. The van der Waals surface area contributed by atoms with Crippen LogP contribution < -0.4 is 4.90 Å². The molecule has 0 bridgehead atoms. The van der Waals surface area contributed by atoms with Crippen LogP contribution in [0.4, 0.5) is 15.9 Å². The SMILES string of the molecule is COCc1nc(Cl)cc(N(C)c2ccccc2F)n1. The van der Waals surface area contributed by atoms with Crippen LogP contribution in [0.2, 0.25) is 5.15 Å². The van der Waals surface area contributed by atoms with Gasteiger partial charge in [0.15, 0.2) is 5.82 Å². The van der Waals surface area contributed by atoms with E-state index in [1.165, 1.54) is 6.07 Å². The lowest BCUT2D eigenvalue weighted by atomic mass is 10.3. The third-order valence-corrected chi connectivity index (χ3v) is 2.75. The third-order valence-electron chi connectivity index (χ3n) is 2.56. The monoisotopic (exact) mass is 281 g/mol. The van der Waals surface area contributed by atoms with Gasteiger partial charge >= 0.3 is 0 Å². The highest BCUT2D eigenvalue weighted by Crippen LogP contribution is 2.25. The summed E-state index contributed by atoms with van der Waals surface area (Å²) < 4.78 is 18.7. The molecule has 1 heterocycles. The van der Waals surface area contributed by atoms with Crippen molar-refractivity contribution >= 4 is 23.1 Å². The summed E-state index contributed by atoms with van der Waals surface area (Å²) in [7, 11) is 3.26. The van der Waals surface area contributed by atoms with Crippen LogP contribution in [0.25, 0.3) is 0 Å². The molecule has 2 rings (SSSR count). The van der Waals surface area contributed by atoms with Crippen LogP contribution in [0.3, 0.4) is 0 Å². The zero-order valence-corrected chi connectivity index (χ0v) is 11.4. The maximum atomic E-state index is 13.7. The largest absolute Gasteiger partial charge is 0.377 e. The van der Waals surface area contributed by atoms with Crippen LogP contribution in [0.15, 0.2) is 30.3 Å². The van der Waals surface area contributed by atoms with E-state index in [0.717, 1.165) is 0 Å². The van der Waals surface area contributed by atoms with E-state index < -0.39 is 0 Å². The average molecular weight is 282 g/mol. The first-order chi connectivity index (χ1) is 9.11. The van der Waals surface area contributed by atoms with E-state index in [-0.39, 0.29) is 12.4 Å². The van der Waals surface area contributed by atoms with Gasteiger partial charge in [-0.15, -0.1) is 0 Å². The molecule has 0 fully saturated rings. The second-order valence-electron chi connectivity index (χ2n) is 3.91. The number of para-hydroxylation sites is 1. The fourth-order valence-electron chi connectivity index (χ4n) is 1.66. The normalized spacial score (nSPS) is 10.5. The summed E-state index contributed by atoms with van der Waals surface area (Å²) in [5, 5.41) is 0.292. The first-order valence-electron chi connectivity index (χ1n) is 5.62. The Labute approximate surface area is 115 Å². The molecule has 6 heteroatoms. The molecule has 0 N–H and O–H groups in total. The van der Waals surface area contributed by atoms with Gasteiger partial charge in [0.1, 0.15) is 23.4 Å². The minimum Gasteiger partial charge on any atom is -0.377 e. The van der Waals surface area contributed by atoms with E-state index in [4.69, 9.17) is 16.3 Å². The Balaban J connectivity index is 2.38. The van der Waals surface area contributed by atoms with Crippen LogP contribution >= 0.6 is 11.6 Å². The molecule has 0 unspecified atom stereocenters. The van der Waals surface area contributed by atoms with E-state index in [9.17, 15) is 4.39 Å². The fraction of sp³-hybridized carbons (Fsp3) is 0.231. The average Bonchev–Trinajstić information content (AvgIpc) is 2.38. The van der Waals surface area contributed by atoms with Crippen LogP contribution in [0.5, 0.6) is 0 Å². The van der Waals surface area contributed by atoms with Gasteiger partial charge in [-0.05, 0) is 12.1 Å². The van der Waals surface area contributed by atoms with E-state index in [1.54, 1.807) is 43.3 Å². The van der Waals surface area contributed by atoms with Gasteiger partial charge in [0.2, 0.25) is 0 Å². The molecule has 19 heavy (non-hydrogen) atoms. The first-order valence-corrected chi connectivity index (χ1v) is 6.00.